The van der Waals surface area contributed by atoms with Gasteiger partial charge in [-0.3, -0.25) is 4.79 Å². The number of carbonyl (C=O) groups is 2. The molecule has 0 unspecified atom stereocenters. The molecule has 21 heavy (non-hydrogen) atoms. The molecular weight excluding hydrogens is 292 g/mol. The first-order valence-corrected chi connectivity index (χ1v) is 7.09. The van der Waals surface area contributed by atoms with Crippen molar-refractivity contribution in [1.29, 1.82) is 0 Å². The molecule has 0 heterocycles. The Hall–Kier alpha value is -2.13. The smallest absolute Gasteiger partial charge is 0.337 e. The first-order valence-electron chi connectivity index (χ1n) is 6.11. The summed E-state index contributed by atoms with van der Waals surface area (Å²) in [5.41, 5.74) is 0.410. The van der Waals surface area contributed by atoms with Gasteiger partial charge in [-0.2, -0.15) is 0 Å². The van der Waals surface area contributed by atoms with Crippen LogP contribution in [0.15, 0.2) is 12.1 Å². The van der Waals surface area contributed by atoms with E-state index >= 15 is 0 Å². The van der Waals surface area contributed by atoms with E-state index in [0.717, 1.165) is 0 Å². The maximum absolute atomic E-state index is 11.3. The van der Waals surface area contributed by atoms with E-state index in [1.165, 1.54) is 45.0 Å². The summed E-state index contributed by atoms with van der Waals surface area (Å²) in [4.78, 5) is 22.0. The Kier molecular flexibility index (Phi) is 6.63. The van der Waals surface area contributed by atoms with E-state index in [9.17, 15) is 14.7 Å². The molecular formula is C15H16O5S. The van der Waals surface area contributed by atoms with Crippen LogP contribution in [0.2, 0.25) is 0 Å². The van der Waals surface area contributed by atoms with Crippen LogP contribution in [0.1, 0.15) is 29.3 Å². The van der Waals surface area contributed by atoms with Gasteiger partial charge in [0.2, 0.25) is 0 Å². The number of carbonyl (C=O) groups excluding carboxylic acids is 1. The van der Waals surface area contributed by atoms with Crippen molar-refractivity contribution in [3.63, 3.8) is 0 Å². The SMILES string of the molecule is COc1cc(C#CCCSC(C)=O)c(C(=O)O)cc1OC. The minimum atomic E-state index is -1.08. The topological polar surface area (TPSA) is 72.8 Å². The molecule has 0 aromatic heterocycles. The molecule has 0 amide bonds. The first-order chi connectivity index (χ1) is 9.99. The number of carboxylic acid groups (broad SMARTS) is 1. The van der Waals surface area contributed by atoms with Crippen molar-refractivity contribution in [3.05, 3.63) is 23.3 Å². The molecule has 112 valence electrons. The highest BCUT2D eigenvalue weighted by Gasteiger charge is 2.14. The van der Waals surface area contributed by atoms with Crippen LogP contribution < -0.4 is 9.47 Å². The lowest BCUT2D eigenvalue weighted by Gasteiger charge is -2.09. The number of ether oxygens (including phenoxy) is 2. The zero-order chi connectivity index (χ0) is 15.8. The van der Waals surface area contributed by atoms with Crippen LogP contribution in [-0.2, 0) is 4.79 Å². The van der Waals surface area contributed by atoms with E-state index in [1.54, 1.807) is 0 Å². The molecule has 0 spiro atoms. The molecule has 1 rings (SSSR count). The maximum Gasteiger partial charge on any atom is 0.337 e. The lowest BCUT2D eigenvalue weighted by atomic mass is 10.1. The second-order valence-corrected chi connectivity index (χ2v) is 5.22. The summed E-state index contributed by atoms with van der Waals surface area (Å²) in [5, 5.41) is 9.25. The molecule has 5 nitrogen and oxygen atoms in total. The van der Waals surface area contributed by atoms with E-state index in [-0.39, 0.29) is 10.7 Å². The van der Waals surface area contributed by atoms with Gasteiger partial charge in [0, 0.05) is 30.7 Å². The largest absolute Gasteiger partial charge is 0.493 e. The van der Waals surface area contributed by atoms with Crippen molar-refractivity contribution in [2.75, 3.05) is 20.0 Å². The maximum atomic E-state index is 11.3. The second-order valence-electron chi connectivity index (χ2n) is 3.95. The van der Waals surface area contributed by atoms with Gasteiger partial charge in [-0.15, -0.1) is 0 Å². The van der Waals surface area contributed by atoms with E-state index in [4.69, 9.17) is 9.47 Å². The number of benzene rings is 1. The van der Waals surface area contributed by atoms with Gasteiger partial charge < -0.3 is 14.6 Å². The van der Waals surface area contributed by atoms with Gasteiger partial charge in [-0.25, -0.2) is 4.79 Å². The quantitative estimate of drug-likeness (QED) is 0.665. The molecule has 1 aromatic rings. The van der Waals surface area contributed by atoms with Crippen molar-refractivity contribution in [2.45, 2.75) is 13.3 Å². The Balaban J connectivity index is 3.02. The number of hydrogen-bond donors (Lipinski definition) is 1. The average molecular weight is 308 g/mol. The third-order valence-corrected chi connectivity index (χ3v) is 3.32. The van der Waals surface area contributed by atoms with Gasteiger partial charge in [0.05, 0.1) is 19.8 Å². The first kappa shape index (κ1) is 16.9. The lowest BCUT2D eigenvalue weighted by Crippen LogP contribution is -2.02. The number of carboxylic acids is 1. The highest BCUT2D eigenvalue weighted by atomic mass is 32.2. The Morgan fingerprint density at radius 1 is 1.24 bits per heavy atom. The average Bonchev–Trinajstić information content (AvgIpc) is 2.45. The summed E-state index contributed by atoms with van der Waals surface area (Å²) in [6.07, 6.45) is 0.498. The number of thioether (sulfide) groups is 1. The molecule has 6 heteroatoms. The number of hydrogen-bond acceptors (Lipinski definition) is 5. The van der Waals surface area contributed by atoms with E-state index in [0.29, 0.717) is 29.2 Å². The predicted octanol–water partition coefficient (Wildman–Crippen LogP) is 2.42. The molecule has 0 radical (unpaired) electrons. The molecule has 0 aliphatic carbocycles. The van der Waals surface area contributed by atoms with Crippen molar-refractivity contribution in [2.24, 2.45) is 0 Å². The van der Waals surface area contributed by atoms with Crippen molar-refractivity contribution in [1.82, 2.24) is 0 Å². The Morgan fingerprint density at radius 2 is 1.86 bits per heavy atom. The van der Waals surface area contributed by atoms with Crippen molar-refractivity contribution < 1.29 is 24.2 Å². The fourth-order valence-corrected chi connectivity index (χ4v) is 2.05. The molecule has 0 fully saturated rings. The zero-order valence-electron chi connectivity index (χ0n) is 12.1. The van der Waals surface area contributed by atoms with Crippen LogP contribution in [0.25, 0.3) is 0 Å². The minimum absolute atomic E-state index is 0.0362. The molecule has 0 aliphatic rings. The number of aromatic carboxylic acids is 1. The van der Waals surface area contributed by atoms with Gasteiger partial charge in [0.15, 0.2) is 16.6 Å². The normalized spacial score (nSPS) is 9.48. The summed E-state index contributed by atoms with van der Waals surface area (Å²) >= 11 is 1.19. The molecule has 1 N–H and O–H groups in total. The van der Waals surface area contributed by atoms with Gasteiger partial charge in [-0.1, -0.05) is 23.6 Å². The molecule has 1 aromatic carbocycles. The summed E-state index contributed by atoms with van der Waals surface area (Å²) in [7, 11) is 2.91. The molecule has 0 atom stereocenters. The van der Waals surface area contributed by atoms with Crippen LogP contribution in [0.3, 0.4) is 0 Å². The lowest BCUT2D eigenvalue weighted by molar-refractivity contribution is -0.109. The third kappa shape index (κ3) is 5.04. The summed E-state index contributed by atoms with van der Waals surface area (Å²) < 4.78 is 10.2. The van der Waals surface area contributed by atoms with Crippen molar-refractivity contribution >= 4 is 22.8 Å². The fourth-order valence-electron chi connectivity index (χ4n) is 1.56. The minimum Gasteiger partial charge on any atom is -0.493 e. The highest BCUT2D eigenvalue weighted by Crippen LogP contribution is 2.30. The highest BCUT2D eigenvalue weighted by molar-refractivity contribution is 8.13. The molecule has 0 saturated heterocycles. The Bertz CT molecular complexity index is 598. The monoisotopic (exact) mass is 308 g/mol. The zero-order valence-corrected chi connectivity index (χ0v) is 12.9. The van der Waals surface area contributed by atoms with Crippen LogP contribution in [0, 0.1) is 11.8 Å². The van der Waals surface area contributed by atoms with Gasteiger partial charge in [-0.05, 0) is 6.07 Å². The van der Waals surface area contributed by atoms with Crippen LogP contribution in [0.5, 0.6) is 11.5 Å². The standard InChI is InChI=1S/C15H16O5S/c1-10(16)21-7-5-4-6-11-8-13(19-2)14(20-3)9-12(11)15(17)18/h8-9H,5,7H2,1-3H3,(H,17,18). The predicted molar refractivity (Wildman–Crippen MR) is 81.1 cm³/mol. The summed E-state index contributed by atoms with van der Waals surface area (Å²) in [5.74, 6) is 5.92. The van der Waals surface area contributed by atoms with E-state index < -0.39 is 5.97 Å². The summed E-state index contributed by atoms with van der Waals surface area (Å²) in [6.45, 7) is 1.50. The van der Waals surface area contributed by atoms with Crippen LogP contribution in [-0.4, -0.2) is 36.2 Å². The van der Waals surface area contributed by atoms with Gasteiger partial charge in [0.1, 0.15) is 0 Å². The van der Waals surface area contributed by atoms with Gasteiger partial charge >= 0.3 is 5.97 Å². The van der Waals surface area contributed by atoms with Crippen LogP contribution in [0.4, 0.5) is 0 Å². The van der Waals surface area contributed by atoms with Crippen molar-refractivity contribution in [3.8, 4) is 23.3 Å². The second kappa shape index (κ2) is 8.22. The number of methoxy groups -OCH3 is 2. The van der Waals surface area contributed by atoms with Gasteiger partial charge in [0.25, 0.3) is 0 Å². The Morgan fingerprint density at radius 3 is 2.38 bits per heavy atom. The summed E-state index contributed by atoms with van der Waals surface area (Å²) in [6, 6.07) is 2.92. The van der Waals surface area contributed by atoms with E-state index in [1.807, 2.05) is 0 Å². The van der Waals surface area contributed by atoms with E-state index in [2.05, 4.69) is 11.8 Å². The Labute approximate surface area is 127 Å². The fraction of sp³-hybridized carbons (Fsp3) is 0.333. The molecule has 0 saturated carbocycles. The molecule has 0 bridgehead atoms. The number of rotatable bonds is 5. The van der Waals surface area contributed by atoms with Crippen LogP contribution >= 0.6 is 11.8 Å². The molecule has 0 aliphatic heterocycles. The third-order valence-electron chi connectivity index (χ3n) is 2.51.